The molecule has 1 fully saturated rings. The maximum absolute atomic E-state index is 13.4. The van der Waals surface area contributed by atoms with Crippen LogP contribution in [0.4, 0.5) is 4.39 Å². The Kier molecular flexibility index (Phi) is 3.64. The van der Waals surface area contributed by atoms with E-state index in [-0.39, 0.29) is 11.9 Å². The van der Waals surface area contributed by atoms with Crippen molar-refractivity contribution in [1.82, 2.24) is 10.2 Å². The lowest BCUT2D eigenvalue weighted by atomic mass is 9.87. The van der Waals surface area contributed by atoms with E-state index in [2.05, 4.69) is 10.2 Å². The maximum atomic E-state index is 13.4. The van der Waals surface area contributed by atoms with Gasteiger partial charge in [-0.05, 0) is 32.3 Å². The first-order chi connectivity index (χ1) is 8.13. The van der Waals surface area contributed by atoms with Gasteiger partial charge < -0.3 is 15.0 Å². The Labute approximate surface area is 102 Å². The fourth-order valence-corrected chi connectivity index (χ4v) is 2.42. The average molecular weight is 238 g/mol. The highest BCUT2D eigenvalue weighted by Gasteiger charge is 2.31. The third-order valence-corrected chi connectivity index (χ3v) is 3.33. The minimum atomic E-state index is -0.208. The van der Waals surface area contributed by atoms with Crippen molar-refractivity contribution in [3.8, 4) is 5.75 Å². The van der Waals surface area contributed by atoms with Crippen LogP contribution in [-0.2, 0) is 0 Å². The van der Waals surface area contributed by atoms with Gasteiger partial charge in [-0.2, -0.15) is 0 Å². The number of methoxy groups -OCH3 is 1. The normalized spacial score (nSPS) is 17.9. The first kappa shape index (κ1) is 12.3. The molecular weight excluding hydrogens is 219 g/mol. The minimum Gasteiger partial charge on any atom is -0.496 e. The van der Waals surface area contributed by atoms with Crippen LogP contribution in [0.3, 0.4) is 0 Å². The summed E-state index contributed by atoms with van der Waals surface area (Å²) in [6.45, 7) is 1.95. The first-order valence-corrected chi connectivity index (χ1v) is 5.84. The maximum Gasteiger partial charge on any atom is 0.123 e. The third kappa shape index (κ3) is 2.42. The number of hydrogen-bond acceptors (Lipinski definition) is 3. The van der Waals surface area contributed by atoms with E-state index in [1.165, 1.54) is 6.07 Å². The summed E-state index contributed by atoms with van der Waals surface area (Å²) in [5.74, 6) is 1.07. The summed E-state index contributed by atoms with van der Waals surface area (Å²) in [6, 6.07) is 4.92. The second kappa shape index (κ2) is 5.02. The number of nitrogens with one attached hydrogen (secondary N) is 1. The van der Waals surface area contributed by atoms with Gasteiger partial charge in [0.05, 0.1) is 7.11 Å². The lowest BCUT2D eigenvalue weighted by Gasteiger charge is -2.39. The van der Waals surface area contributed by atoms with Gasteiger partial charge in [0.25, 0.3) is 0 Å². The van der Waals surface area contributed by atoms with Crippen LogP contribution >= 0.6 is 0 Å². The summed E-state index contributed by atoms with van der Waals surface area (Å²) in [6.07, 6.45) is 0. The molecule has 1 aliphatic heterocycles. The molecule has 3 nitrogen and oxygen atoms in total. The van der Waals surface area contributed by atoms with E-state index in [1.54, 1.807) is 19.2 Å². The van der Waals surface area contributed by atoms with E-state index >= 15 is 0 Å². The molecule has 1 aliphatic rings. The Morgan fingerprint density at radius 2 is 2.12 bits per heavy atom. The molecule has 1 atom stereocenters. The molecule has 0 aliphatic carbocycles. The Morgan fingerprint density at radius 1 is 1.41 bits per heavy atom. The number of ether oxygens (including phenoxy) is 1. The first-order valence-electron chi connectivity index (χ1n) is 5.84. The summed E-state index contributed by atoms with van der Waals surface area (Å²) in [5, 5.41) is 3.26. The van der Waals surface area contributed by atoms with Gasteiger partial charge in [0, 0.05) is 30.6 Å². The molecule has 1 aromatic rings. The topological polar surface area (TPSA) is 24.5 Å². The minimum absolute atomic E-state index is 0.196. The predicted molar refractivity (Wildman–Crippen MR) is 65.7 cm³/mol. The Balaban J connectivity index is 2.36. The van der Waals surface area contributed by atoms with E-state index in [1.807, 2.05) is 14.1 Å². The standard InChI is InChI=1S/C13H19FN2O/c1-16(2)13(9-7-15-8-9)11-6-10(14)4-5-12(11)17-3/h4-6,9,13,15H,7-8H2,1-3H3. The molecule has 94 valence electrons. The zero-order valence-electron chi connectivity index (χ0n) is 10.5. The highest BCUT2D eigenvalue weighted by molar-refractivity contribution is 5.37. The molecule has 1 unspecified atom stereocenters. The molecule has 2 rings (SSSR count). The summed E-state index contributed by atoms with van der Waals surface area (Å²) in [5.41, 5.74) is 0.934. The van der Waals surface area contributed by atoms with E-state index in [9.17, 15) is 4.39 Å². The molecule has 17 heavy (non-hydrogen) atoms. The molecule has 0 radical (unpaired) electrons. The molecule has 0 amide bonds. The summed E-state index contributed by atoms with van der Waals surface area (Å²) in [7, 11) is 5.67. The predicted octanol–water partition coefficient (Wildman–Crippen LogP) is 1.66. The molecule has 1 heterocycles. The van der Waals surface area contributed by atoms with Crippen molar-refractivity contribution in [1.29, 1.82) is 0 Å². The number of hydrogen-bond donors (Lipinski definition) is 1. The van der Waals surface area contributed by atoms with Crippen LogP contribution in [0.2, 0.25) is 0 Å². The van der Waals surface area contributed by atoms with Crippen LogP contribution in [0.25, 0.3) is 0 Å². The summed E-state index contributed by atoms with van der Waals surface area (Å²) >= 11 is 0. The number of halogens is 1. The zero-order chi connectivity index (χ0) is 12.4. The fraction of sp³-hybridized carbons (Fsp3) is 0.538. The van der Waals surface area contributed by atoms with Crippen molar-refractivity contribution >= 4 is 0 Å². The molecule has 4 heteroatoms. The lowest BCUT2D eigenvalue weighted by Crippen LogP contribution is -2.48. The highest BCUT2D eigenvalue weighted by Crippen LogP contribution is 2.35. The van der Waals surface area contributed by atoms with Crippen LogP contribution in [0.1, 0.15) is 11.6 Å². The third-order valence-electron chi connectivity index (χ3n) is 3.33. The Morgan fingerprint density at radius 3 is 2.59 bits per heavy atom. The van der Waals surface area contributed by atoms with Crippen molar-refractivity contribution in [3.05, 3.63) is 29.6 Å². The van der Waals surface area contributed by atoms with Gasteiger partial charge in [0.2, 0.25) is 0 Å². The van der Waals surface area contributed by atoms with Gasteiger partial charge in [0.1, 0.15) is 11.6 Å². The van der Waals surface area contributed by atoms with Gasteiger partial charge in [0.15, 0.2) is 0 Å². The monoisotopic (exact) mass is 238 g/mol. The molecule has 0 bridgehead atoms. The molecule has 1 saturated heterocycles. The van der Waals surface area contributed by atoms with Crippen LogP contribution in [-0.4, -0.2) is 39.2 Å². The van der Waals surface area contributed by atoms with Crippen molar-refractivity contribution < 1.29 is 9.13 Å². The number of benzene rings is 1. The second-order valence-electron chi connectivity index (χ2n) is 4.71. The quantitative estimate of drug-likeness (QED) is 0.863. The summed E-state index contributed by atoms with van der Waals surface area (Å²) in [4.78, 5) is 2.13. The van der Waals surface area contributed by atoms with Gasteiger partial charge in [-0.15, -0.1) is 0 Å². The van der Waals surface area contributed by atoms with Crippen LogP contribution in [0.5, 0.6) is 5.75 Å². The lowest BCUT2D eigenvalue weighted by molar-refractivity contribution is 0.157. The van der Waals surface area contributed by atoms with Gasteiger partial charge in [-0.1, -0.05) is 0 Å². The van der Waals surface area contributed by atoms with Gasteiger partial charge in [-0.3, -0.25) is 0 Å². The highest BCUT2D eigenvalue weighted by atomic mass is 19.1. The smallest absolute Gasteiger partial charge is 0.123 e. The molecule has 0 saturated carbocycles. The van der Waals surface area contributed by atoms with Crippen molar-refractivity contribution in [2.75, 3.05) is 34.3 Å². The van der Waals surface area contributed by atoms with E-state index < -0.39 is 0 Å². The zero-order valence-corrected chi connectivity index (χ0v) is 10.5. The van der Waals surface area contributed by atoms with Crippen LogP contribution in [0, 0.1) is 11.7 Å². The molecule has 0 aromatic heterocycles. The molecule has 1 N–H and O–H groups in total. The number of rotatable bonds is 4. The Bertz CT molecular complexity index is 391. The van der Waals surface area contributed by atoms with Crippen molar-refractivity contribution in [2.24, 2.45) is 5.92 Å². The van der Waals surface area contributed by atoms with Gasteiger partial charge >= 0.3 is 0 Å². The van der Waals surface area contributed by atoms with E-state index in [4.69, 9.17) is 4.74 Å². The van der Waals surface area contributed by atoms with Crippen LogP contribution in [0.15, 0.2) is 18.2 Å². The van der Waals surface area contributed by atoms with E-state index in [0.717, 1.165) is 24.4 Å². The van der Waals surface area contributed by atoms with Crippen LogP contribution < -0.4 is 10.1 Å². The van der Waals surface area contributed by atoms with Crippen molar-refractivity contribution in [3.63, 3.8) is 0 Å². The average Bonchev–Trinajstić information content (AvgIpc) is 2.22. The Hall–Kier alpha value is -1.13. The molecule has 1 aromatic carbocycles. The van der Waals surface area contributed by atoms with E-state index in [0.29, 0.717) is 5.92 Å². The molecule has 0 spiro atoms. The largest absolute Gasteiger partial charge is 0.496 e. The van der Waals surface area contributed by atoms with Crippen molar-refractivity contribution in [2.45, 2.75) is 6.04 Å². The molecular formula is C13H19FN2O. The SMILES string of the molecule is COc1ccc(F)cc1C(C1CNC1)N(C)C. The fourth-order valence-electron chi connectivity index (χ4n) is 2.42. The van der Waals surface area contributed by atoms with Gasteiger partial charge in [-0.25, -0.2) is 4.39 Å². The summed E-state index contributed by atoms with van der Waals surface area (Å²) < 4.78 is 18.7. The number of nitrogens with zero attached hydrogens (tertiary/aromatic N) is 1. The second-order valence-corrected chi connectivity index (χ2v) is 4.71.